The zero-order chi connectivity index (χ0) is 16.9. The minimum atomic E-state index is -0.883. The van der Waals surface area contributed by atoms with Gasteiger partial charge in [-0.05, 0) is 38.5 Å². The van der Waals surface area contributed by atoms with E-state index in [4.69, 9.17) is 0 Å². The van der Waals surface area contributed by atoms with Crippen molar-refractivity contribution in [1.29, 1.82) is 0 Å². The number of carboxylic acid groups (broad SMARTS) is 1. The molecular weight excluding hydrogens is 268 g/mol. The number of aliphatic carboxylic acids is 1. The van der Waals surface area contributed by atoms with Crippen molar-refractivity contribution in [3.05, 3.63) is 0 Å². The summed E-state index contributed by atoms with van der Waals surface area (Å²) in [6, 6.07) is -0.309. The van der Waals surface area contributed by atoms with Crippen LogP contribution in [0.25, 0.3) is 0 Å². The highest BCUT2D eigenvalue weighted by Gasteiger charge is 2.35. The van der Waals surface area contributed by atoms with Gasteiger partial charge in [-0.15, -0.1) is 0 Å². The van der Waals surface area contributed by atoms with Crippen molar-refractivity contribution < 1.29 is 14.7 Å². The maximum Gasteiger partial charge on any atom is 0.315 e. The molecule has 0 aromatic carbocycles. The molecule has 0 heterocycles. The van der Waals surface area contributed by atoms with Gasteiger partial charge < -0.3 is 15.7 Å². The Bertz CT molecular complexity index is 366. The largest absolute Gasteiger partial charge is 0.481 e. The number of urea groups is 1. The molecule has 5 heteroatoms. The molecule has 0 aliphatic carbocycles. The standard InChI is InChI=1S/C16H32N2O3/c1-8-16(9-2,12(19)20)11-17-13(21)18-15(6,7)10-14(3,4)5/h8-11H2,1-7H3,(H,19,20)(H2,17,18,21). The van der Waals surface area contributed by atoms with Crippen LogP contribution in [0.15, 0.2) is 0 Å². The highest BCUT2D eigenvalue weighted by Crippen LogP contribution is 2.27. The van der Waals surface area contributed by atoms with E-state index in [1.165, 1.54) is 0 Å². The molecule has 5 nitrogen and oxygen atoms in total. The Morgan fingerprint density at radius 2 is 1.48 bits per heavy atom. The van der Waals surface area contributed by atoms with Gasteiger partial charge in [-0.1, -0.05) is 34.6 Å². The van der Waals surface area contributed by atoms with Crippen molar-refractivity contribution in [1.82, 2.24) is 10.6 Å². The van der Waals surface area contributed by atoms with E-state index in [1.807, 2.05) is 27.7 Å². The molecule has 0 saturated carbocycles. The first-order chi connectivity index (χ1) is 9.37. The summed E-state index contributed by atoms with van der Waals surface area (Å²) in [5, 5.41) is 15.0. The van der Waals surface area contributed by atoms with Crippen LogP contribution in [0.5, 0.6) is 0 Å². The molecular formula is C16H32N2O3. The minimum absolute atomic E-state index is 0.106. The van der Waals surface area contributed by atoms with Gasteiger partial charge in [-0.2, -0.15) is 0 Å². The second-order valence-electron chi connectivity index (χ2n) is 7.72. The summed E-state index contributed by atoms with van der Waals surface area (Å²) in [4.78, 5) is 23.4. The summed E-state index contributed by atoms with van der Waals surface area (Å²) < 4.78 is 0. The first kappa shape index (κ1) is 19.7. The molecule has 0 saturated heterocycles. The number of rotatable bonds is 7. The number of carbonyl (C=O) groups excluding carboxylic acids is 1. The number of carboxylic acids is 1. The third kappa shape index (κ3) is 6.82. The summed E-state index contributed by atoms with van der Waals surface area (Å²) in [6.07, 6.45) is 1.81. The Hall–Kier alpha value is -1.26. The topological polar surface area (TPSA) is 78.4 Å². The second-order valence-corrected chi connectivity index (χ2v) is 7.72. The monoisotopic (exact) mass is 300 g/mol. The highest BCUT2D eigenvalue weighted by atomic mass is 16.4. The molecule has 0 unspecified atom stereocenters. The highest BCUT2D eigenvalue weighted by molar-refractivity contribution is 5.78. The predicted octanol–water partition coefficient (Wildman–Crippen LogP) is 3.39. The van der Waals surface area contributed by atoms with Crippen molar-refractivity contribution in [3.8, 4) is 0 Å². The molecule has 0 aromatic heterocycles. The molecule has 124 valence electrons. The normalized spacial score (nSPS) is 12.9. The summed E-state index contributed by atoms with van der Waals surface area (Å²) in [6.45, 7) is 14.1. The lowest BCUT2D eigenvalue weighted by Crippen LogP contribution is -2.52. The van der Waals surface area contributed by atoms with Crippen LogP contribution in [0.2, 0.25) is 0 Å². The van der Waals surface area contributed by atoms with Crippen LogP contribution in [0.4, 0.5) is 4.79 Å². The van der Waals surface area contributed by atoms with E-state index in [0.717, 1.165) is 6.42 Å². The number of hydrogen-bond acceptors (Lipinski definition) is 2. The summed E-state index contributed by atoms with van der Waals surface area (Å²) in [7, 11) is 0. The number of amides is 2. The van der Waals surface area contributed by atoms with E-state index < -0.39 is 11.4 Å². The van der Waals surface area contributed by atoms with Gasteiger partial charge in [0, 0.05) is 12.1 Å². The van der Waals surface area contributed by atoms with Crippen molar-refractivity contribution in [2.45, 2.75) is 73.3 Å². The molecule has 2 amide bonds. The third-order valence-electron chi connectivity index (χ3n) is 3.82. The average molecular weight is 300 g/mol. The molecule has 0 rings (SSSR count). The van der Waals surface area contributed by atoms with Crippen LogP contribution in [-0.4, -0.2) is 29.2 Å². The van der Waals surface area contributed by atoms with E-state index >= 15 is 0 Å². The molecule has 0 aromatic rings. The molecule has 0 aliphatic rings. The van der Waals surface area contributed by atoms with Crippen LogP contribution in [0.3, 0.4) is 0 Å². The predicted molar refractivity (Wildman–Crippen MR) is 85.3 cm³/mol. The maximum absolute atomic E-state index is 12.0. The summed E-state index contributed by atoms with van der Waals surface area (Å²) >= 11 is 0. The Balaban J connectivity index is 4.61. The molecule has 3 N–H and O–H groups in total. The summed E-state index contributed by atoms with van der Waals surface area (Å²) in [5.74, 6) is -0.859. The average Bonchev–Trinajstić information content (AvgIpc) is 2.26. The fourth-order valence-corrected chi connectivity index (χ4v) is 2.85. The molecule has 0 atom stereocenters. The van der Waals surface area contributed by atoms with Crippen LogP contribution in [0.1, 0.15) is 67.7 Å². The van der Waals surface area contributed by atoms with E-state index in [-0.39, 0.29) is 23.5 Å². The number of hydrogen-bond donors (Lipinski definition) is 3. The summed E-state index contributed by atoms with van der Waals surface area (Å²) in [5.41, 5.74) is -1.12. The first-order valence-corrected chi connectivity index (χ1v) is 7.67. The van der Waals surface area contributed by atoms with Crippen LogP contribution in [-0.2, 0) is 4.79 Å². The zero-order valence-corrected chi connectivity index (χ0v) is 14.6. The van der Waals surface area contributed by atoms with Gasteiger partial charge in [0.25, 0.3) is 0 Å². The molecule has 0 spiro atoms. The van der Waals surface area contributed by atoms with Crippen LogP contribution in [0, 0.1) is 10.8 Å². The second kappa shape index (κ2) is 7.14. The smallest absolute Gasteiger partial charge is 0.315 e. The quantitative estimate of drug-likeness (QED) is 0.674. The van der Waals surface area contributed by atoms with Gasteiger partial charge >= 0.3 is 12.0 Å². The zero-order valence-electron chi connectivity index (χ0n) is 14.6. The molecule has 0 fully saturated rings. The van der Waals surface area contributed by atoms with Crippen molar-refractivity contribution in [2.75, 3.05) is 6.54 Å². The van der Waals surface area contributed by atoms with Gasteiger partial charge in [0.2, 0.25) is 0 Å². The molecule has 21 heavy (non-hydrogen) atoms. The number of nitrogens with one attached hydrogen (secondary N) is 2. The fraction of sp³-hybridized carbons (Fsp3) is 0.875. The SMILES string of the molecule is CCC(CC)(CNC(=O)NC(C)(C)CC(C)(C)C)C(=O)O. The van der Waals surface area contributed by atoms with E-state index in [9.17, 15) is 14.7 Å². The molecule has 0 aliphatic heterocycles. The lowest BCUT2D eigenvalue weighted by Gasteiger charge is -2.34. The molecule has 0 radical (unpaired) electrons. The Kier molecular flexibility index (Phi) is 6.71. The Morgan fingerprint density at radius 1 is 1.00 bits per heavy atom. The van der Waals surface area contributed by atoms with Gasteiger partial charge in [0.15, 0.2) is 0 Å². The van der Waals surface area contributed by atoms with Gasteiger partial charge in [-0.3, -0.25) is 4.79 Å². The Morgan fingerprint density at radius 3 is 1.81 bits per heavy atom. The third-order valence-corrected chi connectivity index (χ3v) is 3.82. The van der Waals surface area contributed by atoms with E-state index in [0.29, 0.717) is 12.8 Å². The Labute approximate surface area is 128 Å². The minimum Gasteiger partial charge on any atom is -0.481 e. The van der Waals surface area contributed by atoms with Gasteiger partial charge in [0.1, 0.15) is 0 Å². The van der Waals surface area contributed by atoms with Crippen LogP contribution < -0.4 is 10.6 Å². The number of carbonyl (C=O) groups is 2. The van der Waals surface area contributed by atoms with Gasteiger partial charge in [-0.25, -0.2) is 4.79 Å². The van der Waals surface area contributed by atoms with E-state index in [1.54, 1.807) is 0 Å². The van der Waals surface area contributed by atoms with Crippen LogP contribution >= 0.6 is 0 Å². The van der Waals surface area contributed by atoms with Crippen molar-refractivity contribution in [2.24, 2.45) is 10.8 Å². The lowest BCUT2D eigenvalue weighted by atomic mass is 9.81. The lowest BCUT2D eigenvalue weighted by molar-refractivity contribution is -0.149. The fourth-order valence-electron chi connectivity index (χ4n) is 2.85. The van der Waals surface area contributed by atoms with E-state index in [2.05, 4.69) is 31.4 Å². The first-order valence-electron chi connectivity index (χ1n) is 7.67. The maximum atomic E-state index is 12.0. The van der Waals surface area contributed by atoms with Crippen molar-refractivity contribution >= 4 is 12.0 Å². The van der Waals surface area contributed by atoms with Gasteiger partial charge in [0.05, 0.1) is 5.41 Å². The van der Waals surface area contributed by atoms with Crippen molar-refractivity contribution in [3.63, 3.8) is 0 Å². The molecule has 0 bridgehead atoms.